The van der Waals surface area contributed by atoms with Crippen LogP contribution in [0.3, 0.4) is 0 Å². The van der Waals surface area contributed by atoms with E-state index in [0.29, 0.717) is 25.3 Å². The van der Waals surface area contributed by atoms with Gasteiger partial charge in [0.25, 0.3) is 0 Å². The second kappa shape index (κ2) is 9.78. The van der Waals surface area contributed by atoms with Gasteiger partial charge in [0.1, 0.15) is 11.8 Å². The minimum Gasteiger partial charge on any atom is -0.494 e. The maximum absolute atomic E-state index is 12.9. The van der Waals surface area contributed by atoms with Crippen LogP contribution in [0.5, 0.6) is 5.75 Å². The van der Waals surface area contributed by atoms with Crippen molar-refractivity contribution < 1.29 is 17.9 Å². The van der Waals surface area contributed by atoms with Gasteiger partial charge in [-0.3, -0.25) is 9.10 Å². The number of nitrogens with one attached hydrogen (secondary N) is 1. The molecule has 0 saturated carbocycles. The van der Waals surface area contributed by atoms with Gasteiger partial charge >= 0.3 is 0 Å². The number of amides is 1. The standard InChI is InChI=1S/C22H30N2O4S/c1-6-20(22(25)23-15-18-10-12-19(13-11-18)28-7-2)24(29(5,26)27)21-14-16(3)8-9-17(21)4/h8-14,20H,6-7,15H2,1-5H3,(H,23,25)/t20-/m0/s1. The Labute approximate surface area is 173 Å². The molecule has 0 aliphatic heterocycles. The lowest BCUT2D eigenvalue weighted by molar-refractivity contribution is -0.122. The minimum atomic E-state index is -3.65. The average molecular weight is 419 g/mol. The van der Waals surface area contributed by atoms with Crippen molar-refractivity contribution in [3.63, 3.8) is 0 Å². The van der Waals surface area contributed by atoms with Crippen molar-refractivity contribution in [3.05, 3.63) is 59.2 Å². The first-order valence-electron chi connectivity index (χ1n) is 9.73. The summed E-state index contributed by atoms with van der Waals surface area (Å²) in [6, 6.07) is 12.2. The van der Waals surface area contributed by atoms with Crippen LogP contribution in [0.2, 0.25) is 0 Å². The third kappa shape index (κ3) is 5.97. The number of rotatable bonds is 9. The van der Waals surface area contributed by atoms with E-state index < -0.39 is 16.1 Å². The van der Waals surface area contributed by atoms with E-state index in [1.165, 1.54) is 4.31 Å². The summed E-state index contributed by atoms with van der Waals surface area (Å²) >= 11 is 0. The fourth-order valence-electron chi connectivity index (χ4n) is 3.17. The number of nitrogens with zero attached hydrogens (tertiary/aromatic N) is 1. The first-order chi connectivity index (χ1) is 13.7. The highest BCUT2D eigenvalue weighted by Crippen LogP contribution is 2.27. The molecule has 0 aromatic heterocycles. The van der Waals surface area contributed by atoms with Crippen molar-refractivity contribution in [3.8, 4) is 5.75 Å². The van der Waals surface area contributed by atoms with Gasteiger partial charge in [0.15, 0.2) is 0 Å². The highest BCUT2D eigenvalue weighted by atomic mass is 32.2. The third-order valence-electron chi connectivity index (χ3n) is 4.63. The van der Waals surface area contributed by atoms with Crippen molar-refractivity contribution in [1.82, 2.24) is 5.32 Å². The molecule has 2 aromatic carbocycles. The molecule has 0 radical (unpaired) electrons. The third-order valence-corrected chi connectivity index (χ3v) is 5.80. The molecule has 0 spiro atoms. The van der Waals surface area contributed by atoms with Crippen LogP contribution in [0.25, 0.3) is 0 Å². The van der Waals surface area contributed by atoms with Crippen LogP contribution in [0.15, 0.2) is 42.5 Å². The molecule has 2 rings (SSSR count). The molecule has 6 nitrogen and oxygen atoms in total. The number of hydrogen-bond acceptors (Lipinski definition) is 4. The van der Waals surface area contributed by atoms with E-state index in [0.717, 1.165) is 28.7 Å². The van der Waals surface area contributed by atoms with Crippen molar-refractivity contribution in [1.29, 1.82) is 0 Å². The second-order valence-corrected chi connectivity index (χ2v) is 8.93. The zero-order chi connectivity index (χ0) is 21.6. The Bertz CT molecular complexity index is 940. The van der Waals surface area contributed by atoms with E-state index >= 15 is 0 Å². The van der Waals surface area contributed by atoms with E-state index in [2.05, 4.69) is 5.32 Å². The molecular weight excluding hydrogens is 388 g/mol. The zero-order valence-corrected chi connectivity index (χ0v) is 18.5. The topological polar surface area (TPSA) is 75.7 Å². The molecule has 2 aromatic rings. The molecule has 1 N–H and O–H groups in total. The zero-order valence-electron chi connectivity index (χ0n) is 17.7. The summed E-state index contributed by atoms with van der Waals surface area (Å²) in [5.74, 6) is 0.444. The minimum absolute atomic E-state index is 0.312. The Kier molecular flexibility index (Phi) is 7.67. The van der Waals surface area contributed by atoms with Crippen molar-refractivity contribution >= 4 is 21.6 Å². The van der Waals surface area contributed by atoms with Gasteiger partial charge in [-0.05, 0) is 62.1 Å². The summed E-state index contributed by atoms with van der Waals surface area (Å²) in [5.41, 5.74) is 3.19. The molecule has 1 amide bonds. The first-order valence-corrected chi connectivity index (χ1v) is 11.6. The Morgan fingerprint density at radius 1 is 1.10 bits per heavy atom. The highest BCUT2D eigenvalue weighted by Gasteiger charge is 2.32. The van der Waals surface area contributed by atoms with Crippen LogP contribution in [0.4, 0.5) is 5.69 Å². The summed E-state index contributed by atoms with van der Waals surface area (Å²) in [4.78, 5) is 12.9. The van der Waals surface area contributed by atoms with Gasteiger partial charge in [0, 0.05) is 6.54 Å². The molecule has 0 bridgehead atoms. The van der Waals surface area contributed by atoms with Crippen molar-refractivity contribution in [2.24, 2.45) is 0 Å². The van der Waals surface area contributed by atoms with Gasteiger partial charge < -0.3 is 10.1 Å². The van der Waals surface area contributed by atoms with E-state index in [-0.39, 0.29) is 5.91 Å². The van der Waals surface area contributed by atoms with Crippen LogP contribution in [0, 0.1) is 13.8 Å². The summed E-state index contributed by atoms with van der Waals surface area (Å²) in [7, 11) is -3.65. The lowest BCUT2D eigenvalue weighted by Crippen LogP contribution is -2.49. The second-order valence-electron chi connectivity index (χ2n) is 7.07. The van der Waals surface area contributed by atoms with Gasteiger partial charge in [0.05, 0.1) is 18.6 Å². The Morgan fingerprint density at radius 2 is 1.76 bits per heavy atom. The quantitative estimate of drug-likeness (QED) is 0.676. The van der Waals surface area contributed by atoms with Crippen LogP contribution in [-0.2, 0) is 21.4 Å². The van der Waals surface area contributed by atoms with E-state index in [9.17, 15) is 13.2 Å². The first kappa shape index (κ1) is 22.7. The fourth-order valence-corrected chi connectivity index (χ4v) is 4.43. The predicted octanol–water partition coefficient (Wildman–Crippen LogP) is 3.56. The molecule has 0 aliphatic carbocycles. The van der Waals surface area contributed by atoms with Crippen molar-refractivity contribution in [2.75, 3.05) is 17.2 Å². The van der Waals surface area contributed by atoms with E-state index in [4.69, 9.17) is 4.74 Å². The van der Waals surface area contributed by atoms with E-state index in [1.54, 1.807) is 6.07 Å². The van der Waals surface area contributed by atoms with Crippen molar-refractivity contribution in [2.45, 2.75) is 46.7 Å². The molecule has 0 unspecified atom stereocenters. The van der Waals surface area contributed by atoms with Gasteiger partial charge in [0.2, 0.25) is 15.9 Å². The smallest absolute Gasteiger partial charge is 0.244 e. The van der Waals surface area contributed by atoms with E-state index in [1.807, 2.05) is 64.1 Å². The van der Waals surface area contributed by atoms with Crippen LogP contribution >= 0.6 is 0 Å². The average Bonchev–Trinajstić information content (AvgIpc) is 2.66. The molecule has 0 heterocycles. The van der Waals surface area contributed by atoms with Gasteiger partial charge in [-0.25, -0.2) is 8.42 Å². The number of carbonyl (C=O) groups is 1. The lowest BCUT2D eigenvalue weighted by Gasteiger charge is -2.31. The maximum Gasteiger partial charge on any atom is 0.244 e. The van der Waals surface area contributed by atoms with Gasteiger partial charge in [-0.15, -0.1) is 0 Å². The highest BCUT2D eigenvalue weighted by molar-refractivity contribution is 7.92. The normalized spacial score (nSPS) is 12.3. The number of ether oxygens (including phenoxy) is 1. The van der Waals surface area contributed by atoms with Gasteiger partial charge in [-0.2, -0.15) is 0 Å². The molecule has 158 valence electrons. The molecule has 0 fully saturated rings. The Balaban J connectivity index is 2.23. The molecule has 0 aliphatic rings. The number of anilines is 1. The fraction of sp³-hybridized carbons (Fsp3) is 0.409. The summed E-state index contributed by atoms with van der Waals surface area (Å²) < 4.78 is 31.9. The SMILES string of the molecule is CCOc1ccc(CNC(=O)[C@H](CC)N(c2cc(C)ccc2C)S(C)(=O)=O)cc1. The van der Waals surface area contributed by atoms with Crippen LogP contribution in [0.1, 0.15) is 37.0 Å². The molecule has 0 saturated heterocycles. The molecule has 29 heavy (non-hydrogen) atoms. The number of sulfonamides is 1. The predicted molar refractivity (Wildman–Crippen MR) is 117 cm³/mol. The Morgan fingerprint density at radius 3 is 2.31 bits per heavy atom. The summed E-state index contributed by atoms with van der Waals surface area (Å²) in [5, 5.41) is 2.87. The number of carbonyl (C=O) groups excluding carboxylic acids is 1. The van der Waals surface area contributed by atoms with Crippen LogP contribution in [-0.4, -0.2) is 33.2 Å². The lowest BCUT2D eigenvalue weighted by atomic mass is 10.1. The summed E-state index contributed by atoms with van der Waals surface area (Å²) in [6.45, 7) is 8.38. The largest absolute Gasteiger partial charge is 0.494 e. The summed E-state index contributed by atoms with van der Waals surface area (Å²) in [6.07, 6.45) is 1.49. The molecule has 1 atom stereocenters. The van der Waals surface area contributed by atoms with Gasteiger partial charge in [-0.1, -0.05) is 31.2 Å². The number of hydrogen-bond donors (Lipinski definition) is 1. The Hall–Kier alpha value is -2.54. The molecular formula is C22H30N2O4S. The molecule has 7 heteroatoms. The number of benzene rings is 2. The monoisotopic (exact) mass is 418 g/mol. The maximum atomic E-state index is 12.9. The van der Waals surface area contributed by atoms with Crippen LogP contribution < -0.4 is 14.4 Å². The number of aryl methyl sites for hydroxylation is 2.